The number of nitrogens with zero attached hydrogens (tertiary/aromatic N) is 2. The van der Waals surface area contributed by atoms with Gasteiger partial charge in [-0.25, -0.2) is 10.8 Å². The molecule has 1 atom stereocenters. The second-order valence-corrected chi connectivity index (χ2v) is 5.19. The van der Waals surface area contributed by atoms with Crippen LogP contribution in [0.5, 0.6) is 0 Å². The van der Waals surface area contributed by atoms with E-state index in [1.54, 1.807) is 6.07 Å². The molecule has 0 bridgehead atoms. The highest BCUT2D eigenvalue weighted by Gasteiger charge is 2.29. The maximum Gasteiger partial charge on any atom is 0.240 e. The Labute approximate surface area is 121 Å². The van der Waals surface area contributed by atoms with Crippen molar-refractivity contribution in [3.63, 3.8) is 0 Å². The fraction of sp³-hybridized carbons (Fsp3) is 0.455. The highest BCUT2D eigenvalue weighted by Crippen LogP contribution is 2.34. The van der Waals surface area contributed by atoms with Crippen LogP contribution in [-0.4, -0.2) is 23.5 Å². The molecule has 1 aliphatic rings. The summed E-state index contributed by atoms with van der Waals surface area (Å²) in [5.74, 6) is 5.75. The van der Waals surface area contributed by atoms with Crippen molar-refractivity contribution in [2.45, 2.75) is 25.3 Å². The number of hydrogen-bond acceptors (Lipinski definition) is 5. The van der Waals surface area contributed by atoms with Gasteiger partial charge in [-0.1, -0.05) is 23.2 Å². The number of hydrogen-bond donors (Lipinski definition) is 3. The molecule has 0 saturated carbocycles. The van der Waals surface area contributed by atoms with Crippen LogP contribution in [0.15, 0.2) is 6.07 Å². The molecule has 5 N–H and O–H groups in total. The van der Waals surface area contributed by atoms with Gasteiger partial charge in [0.15, 0.2) is 11.6 Å². The number of hydrazine groups is 1. The molecule has 1 amide bonds. The van der Waals surface area contributed by atoms with E-state index in [9.17, 15) is 4.79 Å². The summed E-state index contributed by atoms with van der Waals surface area (Å²) in [7, 11) is 0. The number of pyridine rings is 1. The summed E-state index contributed by atoms with van der Waals surface area (Å²) in [5, 5.41) is 0.695. The molecule has 6 nitrogen and oxygen atoms in total. The first-order chi connectivity index (χ1) is 9.04. The monoisotopic (exact) mass is 303 g/mol. The SMILES string of the molecule is NNc1nc(N2CCCCC2C(N)=O)c(Cl)cc1Cl. The highest BCUT2D eigenvalue weighted by atomic mass is 35.5. The number of rotatable bonds is 3. The number of nitrogens with one attached hydrogen (secondary N) is 1. The Morgan fingerprint density at radius 2 is 2.16 bits per heavy atom. The van der Waals surface area contributed by atoms with Crippen LogP contribution in [0.3, 0.4) is 0 Å². The number of carbonyl (C=O) groups is 1. The molecule has 0 aromatic carbocycles. The molecule has 2 rings (SSSR count). The second kappa shape index (κ2) is 5.81. The number of halogens is 2. The standard InChI is InChI=1S/C11H15Cl2N5O/c12-6-5-7(13)11(16-10(6)17-15)18-4-2-1-3-8(18)9(14)19/h5,8H,1-4,15H2,(H2,14,19)(H,16,17). The minimum atomic E-state index is -0.398. The van der Waals surface area contributed by atoms with Crippen molar-refractivity contribution in [3.8, 4) is 0 Å². The van der Waals surface area contributed by atoms with Gasteiger partial charge in [0.05, 0.1) is 10.0 Å². The number of nitrogens with two attached hydrogens (primary N) is 2. The number of carbonyl (C=O) groups excluding carboxylic acids is 1. The summed E-state index contributed by atoms with van der Waals surface area (Å²) < 4.78 is 0. The summed E-state index contributed by atoms with van der Waals surface area (Å²) in [4.78, 5) is 17.6. The zero-order chi connectivity index (χ0) is 14.0. The first-order valence-corrected chi connectivity index (χ1v) is 6.68. The Kier molecular flexibility index (Phi) is 4.34. The van der Waals surface area contributed by atoms with Crippen LogP contribution >= 0.6 is 23.2 Å². The minimum absolute atomic E-state index is 0.315. The van der Waals surface area contributed by atoms with Crippen LogP contribution in [-0.2, 0) is 4.79 Å². The smallest absolute Gasteiger partial charge is 0.240 e. The summed E-state index contributed by atoms with van der Waals surface area (Å²) in [6, 6.07) is 1.15. The maximum absolute atomic E-state index is 11.5. The zero-order valence-electron chi connectivity index (χ0n) is 10.2. The van der Waals surface area contributed by atoms with Gasteiger partial charge in [-0.3, -0.25) is 4.79 Å². The Morgan fingerprint density at radius 1 is 1.42 bits per heavy atom. The summed E-state index contributed by atoms with van der Waals surface area (Å²) >= 11 is 12.1. The van der Waals surface area contributed by atoms with Crippen molar-refractivity contribution in [1.82, 2.24) is 4.98 Å². The quantitative estimate of drug-likeness (QED) is 0.581. The molecular weight excluding hydrogens is 289 g/mol. The molecule has 0 spiro atoms. The van der Waals surface area contributed by atoms with Gasteiger partial charge in [0.2, 0.25) is 5.91 Å². The van der Waals surface area contributed by atoms with Crippen molar-refractivity contribution >= 4 is 40.7 Å². The predicted octanol–water partition coefficient (Wildman–Crippen LogP) is 1.52. The Bertz CT molecular complexity index is 496. The van der Waals surface area contributed by atoms with E-state index in [4.69, 9.17) is 34.8 Å². The lowest BCUT2D eigenvalue weighted by molar-refractivity contribution is -0.119. The number of anilines is 2. The van der Waals surface area contributed by atoms with Gasteiger partial charge in [-0.15, -0.1) is 0 Å². The molecule has 1 fully saturated rings. The van der Waals surface area contributed by atoms with Crippen LogP contribution in [0.25, 0.3) is 0 Å². The average molecular weight is 304 g/mol. The van der Waals surface area contributed by atoms with Crippen molar-refractivity contribution < 1.29 is 4.79 Å². The van der Waals surface area contributed by atoms with Crippen molar-refractivity contribution in [2.24, 2.45) is 11.6 Å². The number of piperidine rings is 1. The Balaban J connectivity index is 2.41. The van der Waals surface area contributed by atoms with Gasteiger partial charge < -0.3 is 16.1 Å². The molecule has 2 heterocycles. The van der Waals surface area contributed by atoms with E-state index in [0.29, 0.717) is 34.6 Å². The molecule has 19 heavy (non-hydrogen) atoms. The lowest BCUT2D eigenvalue weighted by Gasteiger charge is -2.35. The highest BCUT2D eigenvalue weighted by molar-refractivity contribution is 6.37. The van der Waals surface area contributed by atoms with E-state index in [0.717, 1.165) is 12.8 Å². The minimum Gasteiger partial charge on any atom is -0.368 e. The molecule has 8 heteroatoms. The summed E-state index contributed by atoms with van der Waals surface area (Å²) in [6.07, 6.45) is 2.61. The number of amides is 1. The molecule has 1 saturated heterocycles. The Hall–Kier alpha value is -1.24. The van der Waals surface area contributed by atoms with Crippen LogP contribution in [0, 0.1) is 0 Å². The average Bonchev–Trinajstić information content (AvgIpc) is 2.39. The molecule has 1 aromatic heterocycles. The molecule has 0 aliphatic carbocycles. The third kappa shape index (κ3) is 2.86. The molecule has 1 unspecified atom stereocenters. The van der Waals surface area contributed by atoms with Crippen LogP contribution in [0.1, 0.15) is 19.3 Å². The van der Waals surface area contributed by atoms with E-state index in [1.807, 2.05) is 4.90 Å². The fourth-order valence-corrected chi connectivity index (χ4v) is 2.76. The van der Waals surface area contributed by atoms with E-state index in [1.165, 1.54) is 0 Å². The molecule has 1 aromatic rings. The maximum atomic E-state index is 11.5. The van der Waals surface area contributed by atoms with Crippen LogP contribution in [0.2, 0.25) is 10.0 Å². The number of primary amides is 1. The summed E-state index contributed by atoms with van der Waals surface area (Å²) in [5.41, 5.74) is 7.83. The normalized spacial score (nSPS) is 19.3. The van der Waals surface area contributed by atoms with Gasteiger partial charge in [0, 0.05) is 6.54 Å². The third-order valence-electron chi connectivity index (χ3n) is 3.15. The largest absolute Gasteiger partial charge is 0.368 e. The van der Waals surface area contributed by atoms with Gasteiger partial charge in [0.25, 0.3) is 0 Å². The molecule has 104 valence electrons. The van der Waals surface area contributed by atoms with Gasteiger partial charge in [0.1, 0.15) is 6.04 Å². The lowest BCUT2D eigenvalue weighted by atomic mass is 10.0. The summed E-state index contributed by atoms with van der Waals surface area (Å²) in [6.45, 7) is 0.673. The topological polar surface area (TPSA) is 97.3 Å². The van der Waals surface area contributed by atoms with Gasteiger partial charge in [-0.2, -0.15) is 0 Å². The predicted molar refractivity (Wildman–Crippen MR) is 76.2 cm³/mol. The first-order valence-electron chi connectivity index (χ1n) is 5.93. The fourth-order valence-electron chi connectivity index (χ4n) is 2.24. The Morgan fingerprint density at radius 3 is 2.79 bits per heavy atom. The van der Waals surface area contributed by atoms with Crippen molar-refractivity contribution in [3.05, 3.63) is 16.1 Å². The molecule has 1 aliphatic heterocycles. The van der Waals surface area contributed by atoms with E-state index < -0.39 is 6.04 Å². The van der Waals surface area contributed by atoms with Gasteiger partial charge >= 0.3 is 0 Å². The van der Waals surface area contributed by atoms with Crippen molar-refractivity contribution in [1.29, 1.82) is 0 Å². The van der Waals surface area contributed by atoms with E-state index in [-0.39, 0.29) is 5.91 Å². The van der Waals surface area contributed by atoms with Crippen LogP contribution < -0.4 is 21.9 Å². The molecular formula is C11H15Cl2N5O. The van der Waals surface area contributed by atoms with E-state index in [2.05, 4.69) is 10.4 Å². The van der Waals surface area contributed by atoms with Crippen LogP contribution in [0.4, 0.5) is 11.6 Å². The van der Waals surface area contributed by atoms with Crippen molar-refractivity contribution in [2.75, 3.05) is 16.9 Å². The van der Waals surface area contributed by atoms with Gasteiger partial charge in [-0.05, 0) is 25.3 Å². The third-order valence-corrected chi connectivity index (χ3v) is 3.72. The van der Waals surface area contributed by atoms with E-state index >= 15 is 0 Å². The zero-order valence-corrected chi connectivity index (χ0v) is 11.7. The second-order valence-electron chi connectivity index (χ2n) is 4.38. The number of nitrogen functional groups attached to an aromatic ring is 1. The lowest BCUT2D eigenvalue weighted by Crippen LogP contribution is -2.48. The first kappa shape index (κ1) is 14.2. The molecule has 0 radical (unpaired) electrons. The number of aromatic nitrogens is 1.